The number of guanidine groups is 1. The van der Waals surface area contributed by atoms with Gasteiger partial charge in [-0.3, -0.25) is 4.99 Å². The van der Waals surface area contributed by atoms with Crippen molar-refractivity contribution in [1.29, 1.82) is 0 Å². The lowest BCUT2D eigenvalue weighted by Gasteiger charge is -2.17. The Kier molecular flexibility index (Phi) is 6.95. The van der Waals surface area contributed by atoms with Crippen LogP contribution in [0, 0.1) is 0 Å². The van der Waals surface area contributed by atoms with Crippen LogP contribution in [0.15, 0.2) is 4.99 Å². The zero-order valence-electron chi connectivity index (χ0n) is 11.6. The van der Waals surface area contributed by atoms with E-state index in [0.29, 0.717) is 17.3 Å². The number of sulfonamides is 1. The van der Waals surface area contributed by atoms with Crippen molar-refractivity contribution in [2.75, 3.05) is 25.1 Å². The lowest BCUT2D eigenvalue weighted by atomic mass is 10.2. The average Bonchev–Trinajstić information content (AvgIpc) is 2.75. The molecule has 1 saturated carbocycles. The van der Waals surface area contributed by atoms with Crippen LogP contribution in [0.25, 0.3) is 0 Å². The van der Waals surface area contributed by atoms with E-state index in [4.69, 9.17) is 5.14 Å². The Morgan fingerprint density at radius 3 is 2.74 bits per heavy atom. The largest absolute Gasteiger partial charge is 0.357 e. The number of primary sulfonamides is 1. The van der Waals surface area contributed by atoms with Gasteiger partial charge >= 0.3 is 0 Å². The standard InChI is InChI=1S/C11H24N4O2S2/c1-3-13-11(14-6-7-19(12,16)17)15-9-4-5-10(8-9)18-2/h9-10H,3-8H2,1-2H3,(H2,12,16,17)(H2,13,14,15). The fourth-order valence-electron chi connectivity index (χ4n) is 2.08. The molecule has 0 saturated heterocycles. The molecule has 0 spiro atoms. The van der Waals surface area contributed by atoms with Crippen molar-refractivity contribution in [2.24, 2.45) is 10.1 Å². The van der Waals surface area contributed by atoms with Crippen LogP contribution >= 0.6 is 11.8 Å². The summed E-state index contributed by atoms with van der Waals surface area (Å²) < 4.78 is 21.7. The van der Waals surface area contributed by atoms with Crippen LogP contribution in [-0.4, -0.2) is 50.8 Å². The molecule has 4 N–H and O–H groups in total. The molecule has 0 heterocycles. The molecule has 1 aliphatic rings. The van der Waals surface area contributed by atoms with Gasteiger partial charge in [-0.1, -0.05) is 0 Å². The molecule has 2 atom stereocenters. The van der Waals surface area contributed by atoms with Crippen molar-refractivity contribution in [3.8, 4) is 0 Å². The van der Waals surface area contributed by atoms with Crippen molar-refractivity contribution >= 4 is 27.7 Å². The minimum atomic E-state index is -3.44. The first-order valence-electron chi connectivity index (χ1n) is 6.52. The number of nitrogens with one attached hydrogen (secondary N) is 2. The molecule has 0 amide bonds. The van der Waals surface area contributed by atoms with Gasteiger partial charge in [0.1, 0.15) is 0 Å². The summed E-state index contributed by atoms with van der Waals surface area (Å²) in [6.07, 6.45) is 5.61. The molecule has 1 aliphatic carbocycles. The number of thioether (sulfide) groups is 1. The molecule has 2 unspecified atom stereocenters. The smallest absolute Gasteiger partial charge is 0.210 e. The second kappa shape index (κ2) is 7.96. The Bertz CT molecular complexity index is 397. The highest BCUT2D eigenvalue weighted by molar-refractivity contribution is 7.99. The number of hydrogen-bond acceptors (Lipinski definition) is 4. The molecule has 0 aromatic heterocycles. The number of aliphatic imine (C=N–C) groups is 1. The van der Waals surface area contributed by atoms with Gasteiger partial charge in [0.2, 0.25) is 10.0 Å². The second-order valence-corrected chi connectivity index (χ2v) is 7.51. The van der Waals surface area contributed by atoms with E-state index in [9.17, 15) is 8.42 Å². The predicted molar refractivity (Wildman–Crippen MR) is 82.0 cm³/mol. The normalized spacial score (nSPS) is 24.5. The molecule has 0 aliphatic heterocycles. The third-order valence-electron chi connectivity index (χ3n) is 3.05. The summed E-state index contributed by atoms with van der Waals surface area (Å²) in [4.78, 5) is 4.24. The minimum absolute atomic E-state index is 0.123. The maximum atomic E-state index is 10.9. The average molecular weight is 308 g/mol. The fourth-order valence-corrected chi connectivity index (χ4v) is 3.23. The van der Waals surface area contributed by atoms with Gasteiger partial charge in [0.15, 0.2) is 5.96 Å². The van der Waals surface area contributed by atoms with Crippen molar-refractivity contribution in [3.63, 3.8) is 0 Å². The first kappa shape index (κ1) is 16.6. The Morgan fingerprint density at radius 2 is 2.21 bits per heavy atom. The van der Waals surface area contributed by atoms with Crippen LogP contribution in [0.2, 0.25) is 0 Å². The topological polar surface area (TPSA) is 96.6 Å². The molecule has 0 aromatic carbocycles. The van der Waals surface area contributed by atoms with Crippen LogP contribution in [0.5, 0.6) is 0 Å². The summed E-state index contributed by atoms with van der Waals surface area (Å²) in [7, 11) is -3.44. The van der Waals surface area contributed by atoms with E-state index in [1.54, 1.807) is 0 Å². The van der Waals surface area contributed by atoms with E-state index in [1.807, 2.05) is 18.7 Å². The molecule has 19 heavy (non-hydrogen) atoms. The van der Waals surface area contributed by atoms with Crippen LogP contribution in [0.1, 0.15) is 26.2 Å². The first-order chi connectivity index (χ1) is 8.94. The highest BCUT2D eigenvalue weighted by atomic mass is 32.2. The van der Waals surface area contributed by atoms with Crippen LogP contribution in [-0.2, 0) is 10.0 Å². The maximum absolute atomic E-state index is 10.9. The van der Waals surface area contributed by atoms with Crippen molar-refractivity contribution in [2.45, 2.75) is 37.5 Å². The van der Waals surface area contributed by atoms with E-state index in [0.717, 1.165) is 19.4 Å². The van der Waals surface area contributed by atoms with Crippen LogP contribution in [0.3, 0.4) is 0 Å². The quantitative estimate of drug-likeness (QED) is 0.478. The van der Waals surface area contributed by atoms with E-state index >= 15 is 0 Å². The molecule has 6 nitrogen and oxygen atoms in total. The lowest BCUT2D eigenvalue weighted by molar-refractivity contribution is 0.597. The van der Waals surface area contributed by atoms with Gasteiger partial charge in [0, 0.05) is 17.8 Å². The Balaban J connectivity index is 2.46. The van der Waals surface area contributed by atoms with Gasteiger partial charge in [-0.25, -0.2) is 13.6 Å². The zero-order chi connectivity index (χ0) is 14.3. The zero-order valence-corrected chi connectivity index (χ0v) is 13.2. The molecule has 0 aromatic rings. The predicted octanol–water partition coefficient (Wildman–Crippen LogP) is 0.114. The summed E-state index contributed by atoms with van der Waals surface area (Å²) in [5, 5.41) is 12.2. The summed E-state index contributed by atoms with van der Waals surface area (Å²) in [6, 6.07) is 0.421. The van der Waals surface area contributed by atoms with Crippen molar-refractivity contribution < 1.29 is 8.42 Å². The molecule has 0 radical (unpaired) electrons. The summed E-state index contributed by atoms with van der Waals surface area (Å²) in [5.41, 5.74) is 0. The second-order valence-electron chi connectivity index (χ2n) is 4.64. The number of hydrogen-bond donors (Lipinski definition) is 3. The van der Waals surface area contributed by atoms with Gasteiger partial charge in [-0.2, -0.15) is 11.8 Å². The summed E-state index contributed by atoms with van der Waals surface area (Å²) in [5.74, 6) is 0.555. The van der Waals surface area contributed by atoms with Gasteiger partial charge in [-0.05, 0) is 32.4 Å². The van der Waals surface area contributed by atoms with Crippen LogP contribution in [0.4, 0.5) is 0 Å². The van der Waals surface area contributed by atoms with E-state index < -0.39 is 10.0 Å². The van der Waals surface area contributed by atoms with Crippen molar-refractivity contribution in [3.05, 3.63) is 0 Å². The van der Waals surface area contributed by atoms with E-state index in [1.165, 1.54) is 6.42 Å². The number of rotatable bonds is 6. The molecule has 0 bridgehead atoms. The summed E-state index contributed by atoms with van der Waals surface area (Å²) in [6.45, 7) is 2.92. The van der Waals surface area contributed by atoms with Gasteiger partial charge in [0.25, 0.3) is 0 Å². The third-order valence-corrected chi connectivity index (χ3v) is 4.90. The van der Waals surface area contributed by atoms with Crippen molar-refractivity contribution in [1.82, 2.24) is 10.6 Å². The molecule has 1 fully saturated rings. The fraction of sp³-hybridized carbons (Fsp3) is 0.909. The molecule has 8 heteroatoms. The molecule has 112 valence electrons. The Morgan fingerprint density at radius 1 is 1.47 bits per heavy atom. The van der Waals surface area contributed by atoms with Gasteiger partial charge in [-0.15, -0.1) is 0 Å². The molecule has 1 rings (SSSR count). The highest BCUT2D eigenvalue weighted by Gasteiger charge is 2.24. The lowest BCUT2D eigenvalue weighted by Crippen LogP contribution is -2.42. The monoisotopic (exact) mass is 308 g/mol. The van der Waals surface area contributed by atoms with Crippen LogP contribution < -0.4 is 15.8 Å². The van der Waals surface area contributed by atoms with E-state index in [2.05, 4.69) is 21.9 Å². The number of nitrogens with two attached hydrogens (primary N) is 1. The van der Waals surface area contributed by atoms with E-state index in [-0.39, 0.29) is 12.3 Å². The molecular formula is C11H24N4O2S2. The third kappa shape index (κ3) is 7.03. The summed E-state index contributed by atoms with van der Waals surface area (Å²) >= 11 is 1.90. The molecular weight excluding hydrogens is 284 g/mol. The maximum Gasteiger partial charge on any atom is 0.210 e. The van der Waals surface area contributed by atoms with Gasteiger partial charge < -0.3 is 10.6 Å². The SMILES string of the molecule is CCNC(=NCCS(N)(=O)=O)NC1CCC(SC)C1. The highest BCUT2D eigenvalue weighted by Crippen LogP contribution is 2.27. The number of nitrogens with zero attached hydrogens (tertiary/aromatic N) is 1. The Labute approximate surface area is 120 Å². The Hall–Kier alpha value is -0.470. The first-order valence-corrected chi connectivity index (χ1v) is 9.53. The minimum Gasteiger partial charge on any atom is -0.357 e. The van der Waals surface area contributed by atoms with Gasteiger partial charge in [0.05, 0.1) is 12.3 Å².